The minimum absolute atomic E-state index is 0.116. The minimum atomic E-state index is -0.499. The number of hydrogen-bond donors (Lipinski definition) is 4. The van der Waals surface area contributed by atoms with E-state index in [1.807, 2.05) is 72.8 Å². The summed E-state index contributed by atoms with van der Waals surface area (Å²) in [5.41, 5.74) is 9.25. The normalized spacial score (nSPS) is 10.5. The van der Waals surface area contributed by atoms with E-state index in [1.165, 1.54) is 0 Å². The molecular weight excluding hydrogens is 512 g/mol. The van der Waals surface area contributed by atoms with Gasteiger partial charge in [-0.3, -0.25) is 40.9 Å². The molecule has 0 saturated heterocycles. The van der Waals surface area contributed by atoms with Gasteiger partial charge in [-0.2, -0.15) is 0 Å². The highest BCUT2D eigenvalue weighted by Crippen LogP contribution is 2.21. The number of carbonyl (C=O) groups excluding carboxylic acids is 4. The van der Waals surface area contributed by atoms with E-state index in [0.717, 1.165) is 21.5 Å². The second-order valence-electron chi connectivity index (χ2n) is 9.00. The second-order valence-corrected chi connectivity index (χ2v) is 9.00. The van der Waals surface area contributed by atoms with E-state index in [4.69, 9.17) is 9.47 Å². The number of rotatable bonds is 11. The van der Waals surface area contributed by atoms with E-state index in [0.29, 0.717) is 24.3 Å². The highest BCUT2D eigenvalue weighted by molar-refractivity contribution is 5.86. The fourth-order valence-corrected chi connectivity index (χ4v) is 3.86. The van der Waals surface area contributed by atoms with Crippen molar-refractivity contribution in [1.29, 1.82) is 0 Å². The number of nitrogens with one attached hydrogen (secondary N) is 4. The molecule has 0 aliphatic carbocycles. The molecule has 0 bridgehead atoms. The highest BCUT2D eigenvalue weighted by Gasteiger charge is 2.09. The number of amides is 4. The van der Waals surface area contributed by atoms with Crippen molar-refractivity contribution < 1.29 is 28.7 Å². The van der Waals surface area contributed by atoms with E-state index in [2.05, 4.69) is 21.7 Å². The van der Waals surface area contributed by atoms with Gasteiger partial charge < -0.3 is 9.47 Å². The molecule has 0 aliphatic rings. The first kappa shape index (κ1) is 27.9. The predicted octanol–water partition coefficient (Wildman–Crippen LogP) is 3.31. The molecule has 0 spiro atoms. The molecule has 0 fully saturated rings. The van der Waals surface area contributed by atoms with E-state index in [1.54, 1.807) is 12.1 Å². The summed E-state index contributed by atoms with van der Waals surface area (Å²) in [5.74, 6) is -0.682. The molecule has 4 amide bonds. The Balaban J connectivity index is 1.03. The van der Waals surface area contributed by atoms with Crippen LogP contribution in [0.4, 0.5) is 0 Å². The minimum Gasteiger partial charge on any atom is -0.484 e. The first-order valence-electron chi connectivity index (χ1n) is 12.8. The van der Waals surface area contributed by atoms with Crippen LogP contribution in [0.15, 0.2) is 84.9 Å². The molecule has 0 saturated carbocycles. The number of hydrogen-bond acceptors (Lipinski definition) is 6. The van der Waals surface area contributed by atoms with Crippen molar-refractivity contribution in [1.82, 2.24) is 21.7 Å². The fraction of sp³-hybridized carbons (Fsp3) is 0.200. The lowest BCUT2D eigenvalue weighted by Gasteiger charge is -2.10. The summed E-state index contributed by atoms with van der Waals surface area (Å²) in [7, 11) is 0. The number of unbranched alkanes of at least 4 members (excludes halogenated alkanes) is 1. The molecule has 4 aromatic carbocycles. The molecule has 0 aliphatic heterocycles. The molecular formula is C30H30N4O6. The standard InChI is InChI=1S/C30H30N4O6/c35-27(31-33-29(37)19-39-25-15-13-21-7-1-3-9-23(21)17-25)11-5-6-12-28(36)32-34-30(38)20-40-26-16-14-22-8-2-4-10-24(22)18-26/h1-4,7-10,13-18H,5-6,11-12,19-20H2,(H,31,35)(H,32,36)(H,33,37)(H,34,38). The summed E-state index contributed by atoms with van der Waals surface area (Å²) in [6.07, 6.45) is 1.07. The van der Waals surface area contributed by atoms with Gasteiger partial charge in [0.1, 0.15) is 11.5 Å². The van der Waals surface area contributed by atoms with Crippen molar-refractivity contribution in [3.63, 3.8) is 0 Å². The van der Waals surface area contributed by atoms with Crippen LogP contribution in [0.3, 0.4) is 0 Å². The van der Waals surface area contributed by atoms with Crippen LogP contribution in [0, 0.1) is 0 Å². The number of benzene rings is 4. The van der Waals surface area contributed by atoms with E-state index in [9.17, 15) is 19.2 Å². The van der Waals surface area contributed by atoms with Gasteiger partial charge in [0, 0.05) is 12.8 Å². The van der Waals surface area contributed by atoms with Crippen LogP contribution < -0.4 is 31.2 Å². The average Bonchev–Trinajstić information content (AvgIpc) is 2.98. The van der Waals surface area contributed by atoms with Crippen LogP contribution in [0.1, 0.15) is 25.7 Å². The molecule has 0 heterocycles. The third-order valence-corrected chi connectivity index (χ3v) is 5.92. The number of hydrazine groups is 2. The smallest absolute Gasteiger partial charge is 0.276 e. The molecule has 10 heteroatoms. The molecule has 0 radical (unpaired) electrons. The lowest BCUT2D eigenvalue weighted by Crippen LogP contribution is -2.44. The Labute approximate surface area is 231 Å². The monoisotopic (exact) mass is 542 g/mol. The van der Waals surface area contributed by atoms with Crippen molar-refractivity contribution in [3.05, 3.63) is 84.9 Å². The molecule has 0 atom stereocenters. The SMILES string of the molecule is O=C(CCCCC(=O)NNC(=O)COc1ccc2ccccc2c1)NNC(=O)COc1ccc2ccccc2c1. The van der Waals surface area contributed by atoms with Crippen molar-refractivity contribution >= 4 is 45.2 Å². The van der Waals surface area contributed by atoms with Gasteiger partial charge in [-0.25, -0.2) is 0 Å². The summed E-state index contributed by atoms with van der Waals surface area (Å²) in [6, 6.07) is 26.6. The van der Waals surface area contributed by atoms with Gasteiger partial charge in [-0.05, 0) is 58.7 Å². The van der Waals surface area contributed by atoms with Crippen molar-refractivity contribution in [3.8, 4) is 11.5 Å². The van der Waals surface area contributed by atoms with E-state index < -0.39 is 23.6 Å². The quantitative estimate of drug-likeness (QED) is 0.170. The van der Waals surface area contributed by atoms with Gasteiger partial charge in [0.25, 0.3) is 11.8 Å². The fourth-order valence-electron chi connectivity index (χ4n) is 3.86. The van der Waals surface area contributed by atoms with Crippen LogP contribution in [-0.4, -0.2) is 36.8 Å². The third kappa shape index (κ3) is 8.73. The predicted molar refractivity (Wildman–Crippen MR) is 150 cm³/mol. The maximum Gasteiger partial charge on any atom is 0.276 e. The maximum absolute atomic E-state index is 12.0. The van der Waals surface area contributed by atoms with Crippen molar-refractivity contribution in [2.24, 2.45) is 0 Å². The van der Waals surface area contributed by atoms with Gasteiger partial charge in [0.2, 0.25) is 11.8 Å². The van der Waals surface area contributed by atoms with Gasteiger partial charge in [-0.15, -0.1) is 0 Å². The van der Waals surface area contributed by atoms with Crippen molar-refractivity contribution in [2.75, 3.05) is 13.2 Å². The summed E-state index contributed by atoms with van der Waals surface area (Å²) in [4.78, 5) is 47.8. The van der Waals surface area contributed by atoms with Crippen LogP contribution in [0.5, 0.6) is 11.5 Å². The zero-order chi connectivity index (χ0) is 28.2. The lowest BCUT2D eigenvalue weighted by molar-refractivity contribution is -0.130. The second kappa shape index (κ2) is 14.1. The highest BCUT2D eigenvalue weighted by atomic mass is 16.5. The molecule has 4 rings (SSSR count). The molecule has 0 aromatic heterocycles. The Morgan fingerprint density at radius 2 is 0.850 bits per heavy atom. The molecule has 0 unspecified atom stereocenters. The summed E-state index contributed by atoms with van der Waals surface area (Å²) >= 11 is 0. The third-order valence-electron chi connectivity index (χ3n) is 5.92. The Bertz CT molecular complexity index is 1390. The van der Waals surface area contributed by atoms with Crippen LogP contribution >= 0.6 is 0 Å². The Morgan fingerprint density at radius 1 is 0.475 bits per heavy atom. The number of fused-ring (bicyclic) bond motifs is 2. The lowest BCUT2D eigenvalue weighted by atomic mass is 10.1. The van der Waals surface area contributed by atoms with E-state index >= 15 is 0 Å². The zero-order valence-electron chi connectivity index (χ0n) is 21.8. The van der Waals surface area contributed by atoms with Crippen LogP contribution in [0.25, 0.3) is 21.5 Å². The Hall–Kier alpha value is -5.12. The van der Waals surface area contributed by atoms with Crippen LogP contribution in [-0.2, 0) is 19.2 Å². The Morgan fingerprint density at radius 3 is 1.27 bits per heavy atom. The molecule has 4 N–H and O–H groups in total. The van der Waals surface area contributed by atoms with Crippen LogP contribution in [0.2, 0.25) is 0 Å². The average molecular weight is 543 g/mol. The summed E-state index contributed by atoms with van der Waals surface area (Å²) in [5, 5.41) is 4.12. The zero-order valence-corrected chi connectivity index (χ0v) is 21.8. The first-order chi connectivity index (χ1) is 19.5. The molecule has 206 valence electrons. The van der Waals surface area contributed by atoms with Gasteiger partial charge in [-0.1, -0.05) is 60.7 Å². The van der Waals surface area contributed by atoms with Gasteiger partial charge >= 0.3 is 0 Å². The van der Waals surface area contributed by atoms with E-state index in [-0.39, 0.29) is 26.1 Å². The maximum atomic E-state index is 12.0. The molecule has 40 heavy (non-hydrogen) atoms. The molecule has 10 nitrogen and oxygen atoms in total. The number of carbonyl (C=O) groups is 4. The van der Waals surface area contributed by atoms with Crippen molar-refractivity contribution in [2.45, 2.75) is 25.7 Å². The summed E-state index contributed by atoms with van der Waals surface area (Å²) < 4.78 is 11.0. The first-order valence-corrected chi connectivity index (χ1v) is 12.8. The molecule has 4 aromatic rings. The summed E-state index contributed by atoms with van der Waals surface area (Å²) in [6.45, 7) is -0.504. The largest absolute Gasteiger partial charge is 0.484 e. The number of ether oxygens (including phenoxy) is 2. The van der Waals surface area contributed by atoms with Gasteiger partial charge in [0.05, 0.1) is 0 Å². The van der Waals surface area contributed by atoms with Gasteiger partial charge in [0.15, 0.2) is 13.2 Å². The topological polar surface area (TPSA) is 135 Å². The Kier molecular flexibility index (Phi) is 9.87.